The number of hydrogen-bond acceptors (Lipinski definition) is 2. The van der Waals surface area contributed by atoms with Crippen molar-refractivity contribution in [2.45, 2.75) is 0 Å². The van der Waals surface area contributed by atoms with Gasteiger partial charge >= 0.3 is 0 Å². The van der Waals surface area contributed by atoms with Crippen molar-refractivity contribution in [1.29, 1.82) is 0 Å². The SMILES string of the molecule is Cn1n[n+]([O-])c2ccc(Cl)c(Cl)c21. The highest BCUT2D eigenvalue weighted by Crippen LogP contribution is 2.28. The molecule has 13 heavy (non-hydrogen) atoms. The molecule has 6 heteroatoms. The average Bonchev–Trinajstić information content (AvgIpc) is 2.35. The predicted octanol–water partition coefficient (Wildman–Crippen LogP) is 1.51. The van der Waals surface area contributed by atoms with Crippen molar-refractivity contribution in [2.75, 3.05) is 0 Å². The van der Waals surface area contributed by atoms with E-state index in [9.17, 15) is 5.21 Å². The number of benzene rings is 1. The second-order valence-electron chi connectivity index (χ2n) is 2.62. The third kappa shape index (κ3) is 1.14. The van der Waals surface area contributed by atoms with Crippen LogP contribution in [0.15, 0.2) is 12.1 Å². The molecule has 0 unspecified atom stereocenters. The molecule has 1 aromatic carbocycles. The zero-order valence-corrected chi connectivity index (χ0v) is 8.17. The van der Waals surface area contributed by atoms with Gasteiger partial charge in [-0.3, -0.25) is 0 Å². The highest BCUT2D eigenvalue weighted by molar-refractivity contribution is 6.44. The molecule has 0 atom stereocenters. The molecule has 0 spiro atoms. The van der Waals surface area contributed by atoms with Gasteiger partial charge in [0.2, 0.25) is 11.0 Å². The van der Waals surface area contributed by atoms with E-state index in [2.05, 4.69) is 5.21 Å². The molecule has 1 heterocycles. The van der Waals surface area contributed by atoms with Crippen molar-refractivity contribution in [3.8, 4) is 0 Å². The van der Waals surface area contributed by atoms with Gasteiger partial charge in [0.25, 0.3) is 0 Å². The summed E-state index contributed by atoms with van der Waals surface area (Å²) in [5, 5.41) is 15.5. The summed E-state index contributed by atoms with van der Waals surface area (Å²) in [5.41, 5.74) is 0.959. The molecule has 2 rings (SSSR count). The fraction of sp³-hybridized carbons (Fsp3) is 0.143. The Morgan fingerprint density at radius 3 is 2.85 bits per heavy atom. The normalized spacial score (nSPS) is 11.0. The average molecular weight is 218 g/mol. The van der Waals surface area contributed by atoms with Crippen molar-refractivity contribution in [2.24, 2.45) is 7.05 Å². The zero-order chi connectivity index (χ0) is 9.59. The molecule has 0 aliphatic rings. The Morgan fingerprint density at radius 2 is 2.15 bits per heavy atom. The van der Waals surface area contributed by atoms with Crippen LogP contribution in [-0.4, -0.2) is 9.90 Å². The minimum atomic E-state index is 0.351. The van der Waals surface area contributed by atoms with Gasteiger partial charge in [-0.05, 0) is 12.1 Å². The first kappa shape index (κ1) is 8.59. The first-order valence-corrected chi connectivity index (χ1v) is 4.27. The third-order valence-corrected chi connectivity index (χ3v) is 2.59. The van der Waals surface area contributed by atoms with Crippen LogP contribution < -0.4 is 4.85 Å². The van der Waals surface area contributed by atoms with E-state index in [4.69, 9.17) is 23.2 Å². The Kier molecular flexibility index (Phi) is 1.82. The van der Waals surface area contributed by atoms with E-state index in [1.807, 2.05) is 0 Å². The first-order chi connectivity index (χ1) is 6.11. The molecule has 68 valence electrons. The molecule has 0 aliphatic carbocycles. The third-order valence-electron chi connectivity index (χ3n) is 1.79. The number of fused-ring (bicyclic) bond motifs is 1. The molecule has 0 saturated heterocycles. The predicted molar refractivity (Wildman–Crippen MR) is 49.7 cm³/mol. The van der Waals surface area contributed by atoms with Gasteiger partial charge in [-0.2, -0.15) is 0 Å². The monoisotopic (exact) mass is 217 g/mol. The lowest BCUT2D eigenvalue weighted by Crippen LogP contribution is -2.29. The maximum absolute atomic E-state index is 11.1. The summed E-state index contributed by atoms with van der Waals surface area (Å²) in [5.74, 6) is 0. The quantitative estimate of drug-likeness (QED) is 0.497. The lowest BCUT2D eigenvalue weighted by atomic mass is 10.3. The molecule has 0 amide bonds. The minimum Gasteiger partial charge on any atom is -0.691 e. The Morgan fingerprint density at radius 1 is 1.46 bits per heavy atom. The molecule has 1 aromatic heterocycles. The maximum atomic E-state index is 11.1. The van der Waals surface area contributed by atoms with Gasteiger partial charge in [0, 0.05) is 0 Å². The molecule has 0 bridgehead atoms. The van der Waals surface area contributed by atoms with Crippen LogP contribution in [0.25, 0.3) is 11.0 Å². The highest BCUT2D eigenvalue weighted by Gasteiger charge is 2.16. The van der Waals surface area contributed by atoms with Crippen LogP contribution in [-0.2, 0) is 7.05 Å². The number of halogens is 2. The fourth-order valence-corrected chi connectivity index (χ4v) is 1.64. The van der Waals surface area contributed by atoms with Gasteiger partial charge in [-0.25, -0.2) is 0 Å². The van der Waals surface area contributed by atoms with E-state index >= 15 is 0 Å². The summed E-state index contributed by atoms with van der Waals surface area (Å²) >= 11 is 11.7. The first-order valence-electron chi connectivity index (χ1n) is 3.52. The molecular weight excluding hydrogens is 213 g/mol. The summed E-state index contributed by atoms with van der Waals surface area (Å²) < 4.78 is 1.40. The number of nitrogens with zero attached hydrogens (tertiary/aromatic N) is 3. The number of hydrogen-bond donors (Lipinski definition) is 0. The summed E-state index contributed by atoms with van der Waals surface area (Å²) in [6.45, 7) is 0. The molecule has 4 nitrogen and oxygen atoms in total. The van der Waals surface area contributed by atoms with Crippen molar-refractivity contribution < 1.29 is 4.85 Å². The second kappa shape index (κ2) is 2.75. The molecular formula is C7H5Cl2N3O. The van der Waals surface area contributed by atoms with Crippen molar-refractivity contribution in [3.05, 3.63) is 27.4 Å². The van der Waals surface area contributed by atoms with Gasteiger partial charge in [-0.1, -0.05) is 23.2 Å². The van der Waals surface area contributed by atoms with E-state index in [0.29, 0.717) is 25.9 Å². The van der Waals surface area contributed by atoms with E-state index in [1.165, 1.54) is 4.68 Å². The van der Waals surface area contributed by atoms with Crippen LogP contribution in [0.2, 0.25) is 10.0 Å². The van der Waals surface area contributed by atoms with Gasteiger partial charge < -0.3 is 5.21 Å². The van der Waals surface area contributed by atoms with Crippen LogP contribution >= 0.6 is 23.2 Å². The van der Waals surface area contributed by atoms with E-state index in [0.717, 1.165) is 0 Å². The van der Waals surface area contributed by atoms with Gasteiger partial charge in [0.15, 0.2) is 0 Å². The fourth-order valence-electron chi connectivity index (χ4n) is 1.21. The van der Waals surface area contributed by atoms with E-state index in [-0.39, 0.29) is 0 Å². The van der Waals surface area contributed by atoms with Crippen molar-refractivity contribution >= 4 is 34.2 Å². The topological polar surface area (TPSA) is 44.8 Å². The lowest BCUT2D eigenvalue weighted by Gasteiger charge is -1.94. The molecule has 0 aliphatic heterocycles. The molecule has 0 fully saturated rings. The van der Waals surface area contributed by atoms with Gasteiger partial charge in [-0.15, -0.1) is 9.53 Å². The van der Waals surface area contributed by atoms with E-state index < -0.39 is 0 Å². The Labute approximate surface area is 83.8 Å². The van der Waals surface area contributed by atoms with Crippen LogP contribution in [0.5, 0.6) is 0 Å². The van der Waals surface area contributed by atoms with Crippen molar-refractivity contribution in [3.63, 3.8) is 0 Å². The largest absolute Gasteiger partial charge is 0.691 e. The maximum Gasteiger partial charge on any atom is 0.218 e. The molecule has 0 radical (unpaired) electrons. The standard InChI is InChI=1S/C7H5Cl2N3O/c1-11-7-5(12(13)10-11)3-2-4(8)6(7)9/h2-3H,1H3. The summed E-state index contributed by atoms with van der Waals surface area (Å²) in [4.78, 5) is 0.511. The zero-order valence-electron chi connectivity index (χ0n) is 6.66. The minimum absolute atomic E-state index is 0.351. The number of rotatable bonds is 0. The summed E-state index contributed by atoms with van der Waals surface area (Å²) in [6, 6.07) is 3.16. The van der Waals surface area contributed by atoms with Crippen molar-refractivity contribution in [1.82, 2.24) is 9.90 Å². The smallest absolute Gasteiger partial charge is 0.218 e. The molecule has 0 N–H and O–H groups in total. The van der Waals surface area contributed by atoms with Crippen LogP contribution in [0.1, 0.15) is 0 Å². The molecule has 0 saturated carbocycles. The number of aryl methyl sites for hydroxylation is 1. The highest BCUT2D eigenvalue weighted by atomic mass is 35.5. The van der Waals surface area contributed by atoms with Gasteiger partial charge in [0.1, 0.15) is 12.1 Å². The Balaban J connectivity index is 2.98. The van der Waals surface area contributed by atoms with Crippen LogP contribution in [0, 0.1) is 5.21 Å². The molecule has 2 aromatic rings. The van der Waals surface area contributed by atoms with Crippen LogP contribution in [0.4, 0.5) is 0 Å². The summed E-state index contributed by atoms with van der Waals surface area (Å²) in [7, 11) is 1.64. The number of aromatic nitrogens is 3. The van der Waals surface area contributed by atoms with E-state index in [1.54, 1.807) is 19.2 Å². The second-order valence-corrected chi connectivity index (χ2v) is 3.40. The summed E-state index contributed by atoms with van der Waals surface area (Å²) in [6.07, 6.45) is 0. The Hall–Kier alpha value is -1.000. The van der Waals surface area contributed by atoms with Crippen LogP contribution in [0.3, 0.4) is 0 Å². The Bertz CT molecular complexity index is 480. The lowest BCUT2D eigenvalue weighted by molar-refractivity contribution is -0.646. The van der Waals surface area contributed by atoms with Gasteiger partial charge in [0.05, 0.1) is 10.2 Å².